The first-order valence-electron chi connectivity index (χ1n) is 44.2. The topological polar surface area (TPSA) is 414 Å². The van der Waals surface area contributed by atoms with Crippen LogP contribution in [-0.4, -0.2) is 286 Å². The Labute approximate surface area is 799 Å². The van der Waals surface area contributed by atoms with Gasteiger partial charge in [0.05, 0.1) is 42.6 Å². The first-order chi connectivity index (χ1) is 62.6. The van der Waals surface area contributed by atoms with Crippen molar-refractivity contribution in [2.75, 3.05) is 101 Å². The first kappa shape index (κ1) is 107. The molecule has 6 atom stereocenters. The SMILES string of the molecule is CC(C)(C)OC(=O)[C@@H](CC(=O)[C@H]1N(Oc2cccnc2)CSC1(C)C)Cc1ccc(NC(=O)N2CCNCC2)cc1.CC(C)(C)OC(=O)[C@H](Cc1ccc(CC(=O)N2CCNCC2)cc1)NC(=O)[C@H]1N(S(=O)(=O)c2cccnc2)CSC1(C)C.CCC(=O)N1CCN(C(=O)Cc2ccc(C[C@H](NC(=O)[C@H]3N(S(=O)(=O)c4cccnc4)CSC3(C)C)C(=O)OC(C)(C)C)cc2)CC1.O=S. The van der Waals surface area contributed by atoms with E-state index < -0.39 is 117 Å². The molecule has 12 rings (SSSR count). The third kappa shape index (κ3) is 30.9. The van der Waals surface area contributed by atoms with Crippen LogP contribution >= 0.6 is 35.3 Å². The number of ketones is 1. The quantitative estimate of drug-likeness (QED) is 0.0227. The van der Waals surface area contributed by atoms with Crippen LogP contribution in [0.5, 0.6) is 5.75 Å². The molecule has 6 fully saturated rings. The number of nitrogens with one attached hydrogen (secondary N) is 5. The Morgan fingerprint density at radius 1 is 0.459 bits per heavy atom. The van der Waals surface area contributed by atoms with Gasteiger partial charge in [0.2, 0.25) is 49.6 Å². The number of ether oxygens (including phenoxy) is 3. The predicted octanol–water partition coefficient (Wildman–Crippen LogP) is 8.37. The summed E-state index contributed by atoms with van der Waals surface area (Å²) in [5.41, 5.74) is 2.38. The number of pyridine rings is 3. The van der Waals surface area contributed by atoms with E-state index in [-0.39, 0.29) is 83.2 Å². The Kier molecular flexibility index (Phi) is 38.0. The number of benzene rings is 3. The van der Waals surface area contributed by atoms with Crippen LogP contribution in [0, 0.1) is 5.92 Å². The molecule has 724 valence electrons. The summed E-state index contributed by atoms with van der Waals surface area (Å²) in [6.07, 6.45) is 10.2. The summed E-state index contributed by atoms with van der Waals surface area (Å²) in [6, 6.07) is 26.5. The van der Waals surface area contributed by atoms with Gasteiger partial charge in [-0.15, -0.1) is 40.3 Å². The largest absolute Gasteiger partial charge is 0.460 e. The van der Waals surface area contributed by atoms with E-state index in [0.717, 1.165) is 58.3 Å². The van der Waals surface area contributed by atoms with E-state index in [9.17, 15) is 64.8 Å². The van der Waals surface area contributed by atoms with E-state index in [4.69, 9.17) is 23.3 Å². The molecule has 34 nitrogen and oxygen atoms in total. The van der Waals surface area contributed by atoms with Crippen LogP contribution < -0.4 is 31.4 Å². The third-order valence-electron chi connectivity index (χ3n) is 22.4. The minimum Gasteiger partial charge on any atom is -0.460 e. The average Bonchev–Trinajstić information content (AvgIpc) is 1.61. The van der Waals surface area contributed by atoms with Crippen molar-refractivity contribution in [2.45, 2.75) is 227 Å². The highest BCUT2D eigenvalue weighted by Gasteiger charge is 2.54. The van der Waals surface area contributed by atoms with Gasteiger partial charge in [0.1, 0.15) is 56.8 Å². The number of anilines is 1. The molecular formula is C93H127N15O19S6. The first-order valence-corrected chi connectivity index (χ1v) is 50.4. The number of piperazine rings is 3. The maximum absolute atomic E-state index is 13.9. The summed E-state index contributed by atoms with van der Waals surface area (Å²) >= 11 is 7.15. The van der Waals surface area contributed by atoms with Crippen LogP contribution in [0.2, 0.25) is 0 Å². The molecule has 0 saturated carbocycles. The second kappa shape index (κ2) is 47.2. The summed E-state index contributed by atoms with van der Waals surface area (Å²) in [7, 11) is -8.09. The second-order valence-corrected chi connectivity index (χ2v) is 46.1. The molecule has 0 spiro atoms. The fourth-order valence-corrected chi connectivity index (χ4v) is 22.9. The predicted molar refractivity (Wildman–Crippen MR) is 511 cm³/mol. The summed E-state index contributed by atoms with van der Waals surface area (Å²) in [5, 5.41) is 16.7. The van der Waals surface area contributed by atoms with Gasteiger partial charge >= 0.3 is 23.9 Å². The van der Waals surface area contributed by atoms with Crippen molar-refractivity contribution < 1.29 is 88.0 Å². The van der Waals surface area contributed by atoms with Gasteiger partial charge < -0.3 is 65.2 Å². The maximum Gasteiger partial charge on any atom is 0.329 e. The van der Waals surface area contributed by atoms with E-state index in [1.165, 1.54) is 76.9 Å². The van der Waals surface area contributed by atoms with Gasteiger partial charge in [-0.3, -0.25) is 48.5 Å². The van der Waals surface area contributed by atoms with E-state index in [2.05, 4.69) is 54.1 Å². The number of nitrogens with zero attached hydrogens (tertiary/aromatic N) is 10. The molecule has 3 aromatic carbocycles. The standard InChI is InChI=1S/C33H45N5O7S2.C30H41N5O6S2.C30H41N5O5S.OS/c1-7-27(39)36-15-17-37(18-16-36)28(40)20-24-12-10-23(11-13-24)19-26(31(42)45-32(2,3)4)35-30(41)29-33(5,6)46-22-38(29)47(43,44)25-9-8-14-34-21-25;1-29(2,3)41-28(38)24(17-21-8-10-22(11-9-21)18-25(36)34-15-13-31-14-16-34)33-27(37)26-30(4,5)42-20-35(26)43(39,40)23-7-6-12-32-19-23;1-29(2,3)39-27(37)22(17-21-8-10-23(11-9-21)33-28(38)34-15-13-31-14-16-34)18-25(36)26-30(4,5)41-20-35(26)40-24-7-6-12-32-19-24;1-2/h8-14,21,26,29H,7,15-20,22H2,1-6H3,(H,35,41);6-12,19,24,26,31H,13-18,20H2,1-5H3,(H,33,37);6-12,19,22,26,31H,13-18,20H2,1-5H3,(H,33,38);/t26-,29+;24-,26+;22-,26-;/m001./s1. The summed E-state index contributed by atoms with van der Waals surface area (Å²) in [5.74, 6) is -2.30. The zero-order valence-corrected chi connectivity index (χ0v) is 83.5. The summed E-state index contributed by atoms with van der Waals surface area (Å²) in [4.78, 5) is 157. The number of hydrogen-bond donors (Lipinski definition) is 5. The van der Waals surface area contributed by atoms with Crippen molar-refractivity contribution in [2.24, 2.45) is 5.92 Å². The van der Waals surface area contributed by atoms with Crippen LogP contribution in [-0.2, 0) is 122 Å². The van der Waals surface area contributed by atoms with Gasteiger partial charge in [-0.2, -0.15) is 12.8 Å². The van der Waals surface area contributed by atoms with Crippen molar-refractivity contribution >= 4 is 133 Å². The lowest BCUT2D eigenvalue weighted by Crippen LogP contribution is -2.57. The highest BCUT2D eigenvalue weighted by atomic mass is 32.2. The Morgan fingerprint density at radius 2 is 0.820 bits per heavy atom. The highest BCUT2D eigenvalue weighted by molar-refractivity contribution is 8.02. The van der Waals surface area contributed by atoms with E-state index >= 15 is 0 Å². The van der Waals surface area contributed by atoms with Crippen LogP contribution in [0.1, 0.15) is 151 Å². The number of thioether (sulfide) groups is 3. The summed E-state index contributed by atoms with van der Waals surface area (Å²) < 4.78 is 79.4. The lowest BCUT2D eigenvalue weighted by atomic mass is 9.88. The highest BCUT2D eigenvalue weighted by Crippen LogP contribution is 2.45. The number of hydrogen-bond acceptors (Lipinski definition) is 29. The number of aromatic nitrogens is 3. The number of esters is 3. The molecule has 5 N–H and O–H groups in total. The summed E-state index contributed by atoms with van der Waals surface area (Å²) in [6.45, 7) is 36.8. The van der Waals surface area contributed by atoms with Crippen LogP contribution in [0.3, 0.4) is 0 Å². The molecule has 133 heavy (non-hydrogen) atoms. The van der Waals surface area contributed by atoms with Crippen molar-refractivity contribution in [3.63, 3.8) is 0 Å². The normalized spacial score (nSPS) is 19.4. The number of hydroxylamine groups is 2. The molecule has 9 heterocycles. The molecule has 3 aromatic heterocycles. The number of rotatable bonds is 28. The zero-order valence-electron chi connectivity index (χ0n) is 78.6. The number of urea groups is 1. The van der Waals surface area contributed by atoms with Crippen LogP contribution in [0.4, 0.5) is 10.5 Å². The molecule has 6 aromatic rings. The van der Waals surface area contributed by atoms with Crippen molar-refractivity contribution in [3.05, 3.63) is 174 Å². The fourth-order valence-electron chi connectivity index (χ4n) is 15.6. The molecule has 40 heteroatoms. The van der Waals surface area contributed by atoms with Gasteiger partial charge in [0.15, 0.2) is 24.1 Å². The monoisotopic (exact) mass is 1950 g/mol. The van der Waals surface area contributed by atoms with E-state index in [1.54, 1.807) is 124 Å². The Hall–Kier alpha value is -9.62. The third-order valence-corrected chi connectivity index (χ3v) is 30.4. The molecule has 6 aliphatic rings. The van der Waals surface area contributed by atoms with Crippen molar-refractivity contribution in [1.82, 2.24) is 69.5 Å². The Balaban J connectivity index is 0.000000223. The zero-order chi connectivity index (χ0) is 97.6. The average molecular weight is 1950 g/mol. The smallest absolute Gasteiger partial charge is 0.329 e. The second-order valence-electron chi connectivity index (χ2n) is 37.5. The van der Waals surface area contributed by atoms with Gasteiger partial charge in [-0.25, -0.2) is 31.2 Å². The lowest BCUT2D eigenvalue weighted by Gasteiger charge is -2.34. The number of carbonyl (C=O) groups is 10. The molecule has 6 saturated heterocycles. The molecular weight excluding hydrogens is 1820 g/mol. The fraction of sp³-hybridized carbons (Fsp3) is 0.538. The van der Waals surface area contributed by atoms with E-state index in [0.29, 0.717) is 82.5 Å². The van der Waals surface area contributed by atoms with Crippen molar-refractivity contribution in [3.8, 4) is 5.75 Å². The van der Waals surface area contributed by atoms with Gasteiger partial charge in [-0.1, -0.05) is 67.6 Å². The number of amides is 7. The Morgan fingerprint density at radius 3 is 1.22 bits per heavy atom. The molecule has 0 radical (unpaired) electrons. The molecule has 0 unspecified atom stereocenters. The van der Waals surface area contributed by atoms with Gasteiger partial charge in [0, 0.05) is 155 Å². The number of carbonyl (C=O) groups excluding carboxylic acids is 10. The van der Waals surface area contributed by atoms with E-state index in [1.807, 2.05) is 121 Å². The molecule has 0 aliphatic carbocycles. The number of Topliss-reactive ketones (excluding diaryl/α,β-unsaturated/α-hetero) is 1. The van der Waals surface area contributed by atoms with Crippen LogP contribution in [0.25, 0.3) is 0 Å². The minimum absolute atomic E-state index is 0.00897. The molecule has 7 amide bonds. The molecule has 6 aliphatic heterocycles. The van der Waals surface area contributed by atoms with Crippen molar-refractivity contribution in [1.29, 1.82) is 0 Å². The molecule has 0 bridgehead atoms. The number of sulfonamides is 2. The maximum atomic E-state index is 13.9. The lowest BCUT2D eigenvalue weighted by molar-refractivity contribution is -0.162. The van der Waals surface area contributed by atoms with Crippen LogP contribution in [0.15, 0.2) is 156 Å². The Bertz CT molecular complexity index is 5190. The van der Waals surface area contributed by atoms with Gasteiger partial charge in [-0.05, 0) is 187 Å². The van der Waals surface area contributed by atoms with Gasteiger partial charge in [0.25, 0.3) is 0 Å². The minimum atomic E-state index is -4.05.